The number of aromatic nitrogens is 2. The van der Waals surface area contributed by atoms with Gasteiger partial charge in [-0.05, 0) is 49.4 Å². The third-order valence-corrected chi connectivity index (χ3v) is 5.66. The van der Waals surface area contributed by atoms with Gasteiger partial charge in [0.1, 0.15) is 5.82 Å². The van der Waals surface area contributed by atoms with E-state index in [4.69, 9.17) is 4.98 Å². The Bertz CT molecular complexity index is 1280. The van der Waals surface area contributed by atoms with E-state index in [9.17, 15) is 9.59 Å². The highest BCUT2D eigenvalue weighted by atomic mass is 79.9. The van der Waals surface area contributed by atoms with Crippen molar-refractivity contribution in [2.24, 2.45) is 0 Å². The third kappa shape index (κ3) is 3.66. The molecule has 150 valence electrons. The molecule has 4 aromatic rings. The van der Waals surface area contributed by atoms with Crippen LogP contribution in [0.25, 0.3) is 16.6 Å². The number of carbonyl (C=O) groups is 1. The van der Waals surface area contributed by atoms with Gasteiger partial charge in [-0.3, -0.25) is 14.2 Å². The molecule has 1 aromatic heterocycles. The van der Waals surface area contributed by atoms with Crippen LogP contribution in [0.2, 0.25) is 0 Å². The summed E-state index contributed by atoms with van der Waals surface area (Å²) in [5.41, 5.74) is 1.73. The molecule has 0 N–H and O–H groups in total. The molecule has 0 saturated heterocycles. The molecule has 4 rings (SSSR count). The summed E-state index contributed by atoms with van der Waals surface area (Å²) in [5.74, 6) is 0.363. The second-order valence-electron chi connectivity index (χ2n) is 7.07. The fourth-order valence-corrected chi connectivity index (χ4v) is 3.83. The Labute approximate surface area is 182 Å². The normalized spacial score (nSPS) is 12.0. The van der Waals surface area contributed by atoms with Crippen LogP contribution >= 0.6 is 15.9 Å². The van der Waals surface area contributed by atoms with Crippen LogP contribution in [-0.2, 0) is 0 Å². The largest absolute Gasteiger partial charge is 0.332 e. The number of hydrogen-bond donors (Lipinski definition) is 0. The van der Waals surface area contributed by atoms with Crippen LogP contribution in [0, 0.1) is 0 Å². The molecule has 30 heavy (non-hydrogen) atoms. The monoisotopic (exact) mass is 461 g/mol. The van der Waals surface area contributed by atoms with Gasteiger partial charge in [-0.25, -0.2) is 4.98 Å². The Balaban J connectivity index is 1.86. The highest BCUT2D eigenvalue weighted by molar-refractivity contribution is 9.10. The summed E-state index contributed by atoms with van der Waals surface area (Å²) in [6.07, 6.45) is 0. The second kappa shape index (κ2) is 8.24. The molecule has 1 amide bonds. The van der Waals surface area contributed by atoms with Gasteiger partial charge in [-0.2, -0.15) is 0 Å². The van der Waals surface area contributed by atoms with Crippen LogP contribution in [0.5, 0.6) is 0 Å². The molecule has 0 bridgehead atoms. The maximum Gasteiger partial charge on any atom is 0.266 e. The first-order chi connectivity index (χ1) is 14.5. The number of benzene rings is 3. The van der Waals surface area contributed by atoms with E-state index in [1.54, 1.807) is 34.7 Å². The van der Waals surface area contributed by atoms with Crippen molar-refractivity contribution in [3.05, 3.63) is 105 Å². The minimum Gasteiger partial charge on any atom is -0.332 e. The average Bonchev–Trinajstić information content (AvgIpc) is 2.78. The van der Waals surface area contributed by atoms with Crippen LogP contribution < -0.4 is 5.56 Å². The fraction of sp³-hybridized carbons (Fsp3) is 0.125. The highest BCUT2D eigenvalue weighted by Gasteiger charge is 2.25. The van der Waals surface area contributed by atoms with Gasteiger partial charge in [0.2, 0.25) is 0 Å². The topological polar surface area (TPSA) is 55.2 Å². The van der Waals surface area contributed by atoms with E-state index < -0.39 is 6.04 Å². The van der Waals surface area contributed by atoms with Gasteiger partial charge in [0.05, 0.1) is 22.6 Å². The van der Waals surface area contributed by atoms with Gasteiger partial charge < -0.3 is 4.90 Å². The average molecular weight is 462 g/mol. The van der Waals surface area contributed by atoms with Crippen LogP contribution in [-0.4, -0.2) is 27.4 Å². The van der Waals surface area contributed by atoms with Gasteiger partial charge >= 0.3 is 0 Å². The first-order valence-corrected chi connectivity index (χ1v) is 10.4. The third-order valence-electron chi connectivity index (χ3n) is 5.16. The summed E-state index contributed by atoms with van der Waals surface area (Å²) >= 11 is 3.41. The second-order valence-corrected chi connectivity index (χ2v) is 7.98. The SMILES string of the molecule is CC(c1nc2ccccc2c(=O)n1-c1ccccc1)N(C)C(=O)c1cccc(Br)c1. The number of para-hydroxylation sites is 2. The molecule has 0 aliphatic rings. The molecule has 0 radical (unpaired) electrons. The molecule has 1 unspecified atom stereocenters. The van der Waals surface area contributed by atoms with E-state index >= 15 is 0 Å². The van der Waals surface area contributed by atoms with Crippen molar-refractivity contribution in [3.63, 3.8) is 0 Å². The molecule has 0 saturated carbocycles. The van der Waals surface area contributed by atoms with Crippen LogP contribution in [0.4, 0.5) is 0 Å². The molecule has 1 atom stereocenters. The lowest BCUT2D eigenvalue weighted by Crippen LogP contribution is -2.34. The summed E-state index contributed by atoms with van der Waals surface area (Å²) < 4.78 is 2.43. The summed E-state index contributed by atoms with van der Waals surface area (Å²) in [7, 11) is 1.73. The van der Waals surface area contributed by atoms with Crippen molar-refractivity contribution in [2.75, 3.05) is 7.05 Å². The Hall–Kier alpha value is -3.25. The van der Waals surface area contributed by atoms with E-state index in [-0.39, 0.29) is 11.5 Å². The van der Waals surface area contributed by atoms with Gasteiger partial charge in [-0.1, -0.05) is 52.3 Å². The van der Waals surface area contributed by atoms with Gasteiger partial charge in [0, 0.05) is 17.1 Å². The zero-order chi connectivity index (χ0) is 21.3. The van der Waals surface area contributed by atoms with Crippen molar-refractivity contribution in [3.8, 4) is 5.69 Å². The maximum atomic E-state index is 13.4. The molecule has 1 heterocycles. The molecular formula is C24H20BrN3O2. The van der Waals surface area contributed by atoms with Crippen LogP contribution in [0.3, 0.4) is 0 Å². The minimum absolute atomic E-state index is 0.147. The summed E-state index contributed by atoms with van der Waals surface area (Å²) in [6, 6.07) is 23.5. The summed E-state index contributed by atoms with van der Waals surface area (Å²) in [5, 5.41) is 0.540. The van der Waals surface area contributed by atoms with E-state index in [1.165, 1.54) is 0 Å². The standard InChI is InChI=1S/C24H20BrN3O2/c1-16(27(2)23(29)17-9-8-10-18(25)15-17)22-26-21-14-7-6-13-20(21)24(30)28(22)19-11-4-3-5-12-19/h3-16H,1-2H3. The van der Waals surface area contributed by atoms with Crippen molar-refractivity contribution < 1.29 is 4.79 Å². The molecule has 0 aliphatic heterocycles. The Kier molecular flexibility index (Phi) is 5.50. The molecule has 0 fully saturated rings. The van der Waals surface area contributed by atoms with Crippen molar-refractivity contribution in [2.45, 2.75) is 13.0 Å². The van der Waals surface area contributed by atoms with Gasteiger partial charge in [0.25, 0.3) is 11.5 Å². The highest BCUT2D eigenvalue weighted by Crippen LogP contribution is 2.24. The molecule has 3 aromatic carbocycles. The Morgan fingerprint density at radius 3 is 2.43 bits per heavy atom. The molecule has 0 spiro atoms. The molecular weight excluding hydrogens is 442 g/mol. The summed E-state index contributed by atoms with van der Waals surface area (Å²) in [6.45, 7) is 1.88. The lowest BCUT2D eigenvalue weighted by Gasteiger charge is -2.27. The number of carbonyl (C=O) groups excluding carboxylic acids is 1. The van der Waals surface area contributed by atoms with Crippen molar-refractivity contribution in [1.29, 1.82) is 0 Å². The van der Waals surface area contributed by atoms with E-state index in [0.717, 1.165) is 4.47 Å². The Morgan fingerprint density at radius 2 is 1.70 bits per heavy atom. The van der Waals surface area contributed by atoms with Crippen molar-refractivity contribution in [1.82, 2.24) is 14.5 Å². The lowest BCUT2D eigenvalue weighted by atomic mass is 10.1. The van der Waals surface area contributed by atoms with E-state index in [1.807, 2.05) is 67.6 Å². The number of halogens is 1. The molecule has 0 aliphatic carbocycles. The predicted molar refractivity (Wildman–Crippen MR) is 122 cm³/mol. The van der Waals surface area contributed by atoms with E-state index in [2.05, 4.69) is 15.9 Å². The zero-order valence-electron chi connectivity index (χ0n) is 16.6. The first-order valence-electron chi connectivity index (χ1n) is 9.57. The minimum atomic E-state index is -0.436. The Morgan fingerprint density at radius 1 is 1.00 bits per heavy atom. The number of amides is 1. The smallest absolute Gasteiger partial charge is 0.266 e. The number of fused-ring (bicyclic) bond motifs is 1. The predicted octanol–water partition coefficient (Wildman–Crippen LogP) is 4.98. The maximum absolute atomic E-state index is 13.4. The quantitative estimate of drug-likeness (QED) is 0.430. The number of nitrogens with zero attached hydrogens (tertiary/aromatic N) is 3. The summed E-state index contributed by atoms with van der Waals surface area (Å²) in [4.78, 5) is 32.9. The van der Waals surface area contributed by atoms with E-state index in [0.29, 0.717) is 28.0 Å². The molecule has 5 nitrogen and oxygen atoms in total. The van der Waals surface area contributed by atoms with Crippen molar-refractivity contribution >= 4 is 32.7 Å². The molecule has 6 heteroatoms. The van der Waals surface area contributed by atoms with Crippen LogP contribution in [0.15, 0.2) is 88.1 Å². The number of hydrogen-bond acceptors (Lipinski definition) is 3. The number of rotatable bonds is 4. The van der Waals surface area contributed by atoms with Gasteiger partial charge in [-0.15, -0.1) is 0 Å². The zero-order valence-corrected chi connectivity index (χ0v) is 18.2. The fourth-order valence-electron chi connectivity index (χ4n) is 3.43. The van der Waals surface area contributed by atoms with Gasteiger partial charge in [0.15, 0.2) is 0 Å². The first kappa shape index (κ1) is 20.0. The van der Waals surface area contributed by atoms with Crippen LogP contribution in [0.1, 0.15) is 29.1 Å². The lowest BCUT2D eigenvalue weighted by molar-refractivity contribution is 0.0735.